The second-order valence-electron chi connectivity index (χ2n) is 4.01. The first-order valence-corrected chi connectivity index (χ1v) is 6.02. The lowest BCUT2D eigenvalue weighted by Crippen LogP contribution is -2.19. The van der Waals surface area contributed by atoms with Gasteiger partial charge >= 0.3 is 0 Å². The summed E-state index contributed by atoms with van der Waals surface area (Å²) in [6.45, 7) is 0.204. The third kappa shape index (κ3) is 5.70. The van der Waals surface area contributed by atoms with Crippen molar-refractivity contribution in [1.29, 1.82) is 0 Å². The summed E-state index contributed by atoms with van der Waals surface area (Å²) in [4.78, 5) is 22.7. The van der Waals surface area contributed by atoms with Crippen molar-refractivity contribution in [3.8, 4) is 0 Å². The summed E-state index contributed by atoms with van der Waals surface area (Å²) in [5.74, 6) is -0.916. The molecule has 0 radical (unpaired) electrons. The van der Waals surface area contributed by atoms with Crippen molar-refractivity contribution >= 4 is 11.6 Å². The van der Waals surface area contributed by atoms with Crippen LogP contribution in [0.15, 0.2) is 30.3 Å². The average molecular weight is 250 g/mol. The third-order valence-corrected chi connectivity index (χ3v) is 2.47. The summed E-state index contributed by atoms with van der Waals surface area (Å²) in [5, 5.41) is 8.56. The highest BCUT2D eigenvalue weighted by Crippen LogP contribution is 2.01. The molecule has 0 spiro atoms. The maximum atomic E-state index is 11.4. The number of hydrogen-bond acceptors (Lipinski definition) is 4. The zero-order valence-electron chi connectivity index (χ0n) is 10.3. The molecule has 1 rings (SSSR count). The van der Waals surface area contributed by atoms with E-state index < -0.39 is 11.6 Å². The minimum atomic E-state index is -0.496. The fourth-order valence-corrected chi connectivity index (χ4v) is 1.45. The van der Waals surface area contributed by atoms with E-state index in [2.05, 4.69) is 0 Å². The van der Waals surface area contributed by atoms with E-state index in [9.17, 15) is 9.59 Å². The number of aliphatic hydroxyl groups excluding tert-OH is 1. The van der Waals surface area contributed by atoms with Crippen molar-refractivity contribution in [1.82, 2.24) is 0 Å². The number of carbonyl (C=O) groups is 2. The number of aliphatic hydroxyl groups is 1. The monoisotopic (exact) mass is 250 g/mol. The first-order valence-electron chi connectivity index (χ1n) is 6.02. The molecule has 0 saturated heterocycles. The van der Waals surface area contributed by atoms with E-state index in [4.69, 9.17) is 9.84 Å². The number of rotatable bonds is 9. The maximum absolute atomic E-state index is 11.4. The lowest BCUT2D eigenvalue weighted by atomic mass is 10.1. The largest absolute Gasteiger partial charge is 0.396 e. The quantitative estimate of drug-likeness (QED) is 0.533. The summed E-state index contributed by atoms with van der Waals surface area (Å²) < 4.78 is 5.19. The molecule has 18 heavy (non-hydrogen) atoms. The highest BCUT2D eigenvalue weighted by molar-refractivity contribution is 6.37. The summed E-state index contributed by atoms with van der Waals surface area (Å²) in [6, 6.07) is 9.47. The van der Waals surface area contributed by atoms with Gasteiger partial charge in [0.25, 0.3) is 0 Å². The second-order valence-corrected chi connectivity index (χ2v) is 4.01. The van der Waals surface area contributed by atoms with Crippen LogP contribution in [0.1, 0.15) is 24.8 Å². The van der Waals surface area contributed by atoms with E-state index in [1.54, 1.807) is 0 Å². The summed E-state index contributed by atoms with van der Waals surface area (Å²) in [7, 11) is 0. The predicted octanol–water partition coefficient (Wildman–Crippen LogP) is 1.50. The van der Waals surface area contributed by atoms with Gasteiger partial charge in [-0.3, -0.25) is 9.59 Å². The molecule has 0 aromatic heterocycles. The Morgan fingerprint density at radius 3 is 2.44 bits per heavy atom. The van der Waals surface area contributed by atoms with Crippen LogP contribution < -0.4 is 0 Å². The van der Waals surface area contributed by atoms with Crippen molar-refractivity contribution in [3.05, 3.63) is 35.9 Å². The van der Waals surface area contributed by atoms with Gasteiger partial charge < -0.3 is 9.84 Å². The van der Waals surface area contributed by atoms with Crippen LogP contribution in [0.5, 0.6) is 0 Å². The summed E-state index contributed by atoms with van der Waals surface area (Å²) in [6.07, 6.45) is 1.28. The van der Waals surface area contributed by atoms with Crippen LogP contribution >= 0.6 is 0 Å². The van der Waals surface area contributed by atoms with Gasteiger partial charge in [-0.15, -0.1) is 0 Å². The Balaban J connectivity index is 2.18. The van der Waals surface area contributed by atoms with Crippen molar-refractivity contribution in [2.24, 2.45) is 0 Å². The first kappa shape index (κ1) is 14.5. The highest BCUT2D eigenvalue weighted by Gasteiger charge is 2.12. The fourth-order valence-electron chi connectivity index (χ4n) is 1.45. The number of benzene rings is 1. The molecule has 0 atom stereocenters. The Bertz CT molecular complexity index is 373. The standard InChI is InChI=1S/C14H18O4/c15-9-5-4-8-13(16)14(17)11-18-10-12-6-2-1-3-7-12/h1-3,6-7,15H,4-5,8-11H2. The molecule has 1 aromatic carbocycles. The molecule has 0 fully saturated rings. The van der Waals surface area contributed by atoms with Crippen LogP contribution in [0.25, 0.3) is 0 Å². The number of unbranched alkanes of at least 4 members (excludes halogenated alkanes) is 1. The molecule has 0 heterocycles. The van der Waals surface area contributed by atoms with Gasteiger partial charge in [-0.1, -0.05) is 30.3 Å². The van der Waals surface area contributed by atoms with Crippen LogP contribution in [0, 0.1) is 0 Å². The molecule has 0 saturated carbocycles. The summed E-state index contributed by atoms with van der Waals surface area (Å²) >= 11 is 0. The predicted molar refractivity (Wildman–Crippen MR) is 67.0 cm³/mol. The van der Waals surface area contributed by atoms with Gasteiger partial charge in [0.05, 0.1) is 6.61 Å². The average Bonchev–Trinajstić information content (AvgIpc) is 2.40. The topological polar surface area (TPSA) is 63.6 Å². The minimum Gasteiger partial charge on any atom is -0.396 e. The molecule has 0 aliphatic heterocycles. The highest BCUT2D eigenvalue weighted by atomic mass is 16.5. The Kier molecular flexibility index (Phi) is 6.91. The van der Waals surface area contributed by atoms with Crippen molar-refractivity contribution in [3.63, 3.8) is 0 Å². The Labute approximate surface area is 107 Å². The van der Waals surface area contributed by atoms with Crippen LogP contribution in [0.3, 0.4) is 0 Å². The Hall–Kier alpha value is -1.52. The molecule has 0 aliphatic carbocycles. The molecule has 0 amide bonds. The van der Waals surface area contributed by atoms with E-state index in [1.165, 1.54) is 0 Å². The molecule has 1 N–H and O–H groups in total. The molecule has 4 nitrogen and oxygen atoms in total. The zero-order chi connectivity index (χ0) is 13.2. The van der Waals surface area contributed by atoms with Crippen LogP contribution in [0.4, 0.5) is 0 Å². The van der Waals surface area contributed by atoms with Crippen molar-refractivity contribution < 1.29 is 19.4 Å². The van der Waals surface area contributed by atoms with Gasteiger partial charge in [-0.2, -0.15) is 0 Å². The molecule has 1 aromatic rings. The SMILES string of the molecule is O=C(CCCCO)C(=O)COCc1ccccc1. The molecule has 98 valence electrons. The number of hydrogen-bond donors (Lipinski definition) is 1. The van der Waals surface area contributed by atoms with Crippen LogP contribution in [-0.2, 0) is 20.9 Å². The van der Waals surface area contributed by atoms with Gasteiger partial charge in [-0.25, -0.2) is 0 Å². The van der Waals surface area contributed by atoms with Crippen molar-refractivity contribution in [2.75, 3.05) is 13.2 Å². The van der Waals surface area contributed by atoms with Crippen molar-refractivity contribution in [2.45, 2.75) is 25.9 Å². The third-order valence-electron chi connectivity index (χ3n) is 2.47. The number of carbonyl (C=O) groups excluding carboxylic acids is 2. The Morgan fingerprint density at radius 2 is 1.78 bits per heavy atom. The van der Waals surface area contributed by atoms with E-state index in [0.717, 1.165) is 5.56 Å². The van der Waals surface area contributed by atoms with Gasteiger partial charge in [0.2, 0.25) is 11.6 Å². The fraction of sp³-hybridized carbons (Fsp3) is 0.429. The number of Topliss-reactive ketones (excluding diaryl/α,β-unsaturated/α-hetero) is 2. The Morgan fingerprint density at radius 1 is 1.06 bits per heavy atom. The van der Waals surface area contributed by atoms with E-state index in [-0.39, 0.29) is 19.6 Å². The first-order chi connectivity index (χ1) is 8.74. The van der Waals surface area contributed by atoms with E-state index in [0.29, 0.717) is 19.4 Å². The van der Waals surface area contributed by atoms with Gasteiger partial charge in [0, 0.05) is 13.0 Å². The summed E-state index contributed by atoms with van der Waals surface area (Å²) in [5.41, 5.74) is 0.970. The molecule has 0 unspecified atom stereocenters. The molecule has 0 bridgehead atoms. The van der Waals surface area contributed by atoms with Crippen LogP contribution in [0.2, 0.25) is 0 Å². The van der Waals surface area contributed by atoms with Gasteiger partial charge in [0.15, 0.2) is 0 Å². The normalized spacial score (nSPS) is 10.3. The van der Waals surface area contributed by atoms with E-state index >= 15 is 0 Å². The van der Waals surface area contributed by atoms with E-state index in [1.807, 2.05) is 30.3 Å². The lowest BCUT2D eigenvalue weighted by molar-refractivity contribution is -0.139. The van der Waals surface area contributed by atoms with Gasteiger partial charge in [-0.05, 0) is 18.4 Å². The maximum Gasteiger partial charge on any atom is 0.223 e. The molecular formula is C14H18O4. The molecule has 0 aliphatic rings. The molecule has 4 heteroatoms. The smallest absolute Gasteiger partial charge is 0.223 e. The lowest BCUT2D eigenvalue weighted by Gasteiger charge is -2.03. The zero-order valence-corrected chi connectivity index (χ0v) is 10.3. The number of ketones is 2. The second kappa shape index (κ2) is 8.55. The molecular weight excluding hydrogens is 232 g/mol. The minimum absolute atomic E-state index is 0.0476. The van der Waals surface area contributed by atoms with Crippen LogP contribution in [-0.4, -0.2) is 29.9 Å². The number of ether oxygens (including phenoxy) is 1. The van der Waals surface area contributed by atoms with Gasteiger partial charge in [0.1, 0.15) is 6.61 Å².